The molecule has 0 atom stereocenters. The number of amides is 2. The van der Waals surface area contributed by atoms with E-state index in [1.165, 1.54) is 0 Å². The van der Waals surface area contributed by atoms with Gasteiger partial charge >= 0.3 is 6.03 Å². The highest BCUT2D eigenvalue weighted by Crippen LogP contribution is 2.32. The number of halogens is 1. The van der Waals surface area contributed by atoms with E-state index in [2.05, 4.69) is 60.3 Å². The molecule has 0 saturated heterocycles. The van der Waals surface area contributed by atoms with Gasteiger partial charge in [-0.3, -0.25) is 4.40 Å². The van der Waals surface area contributed by atoms with Crippen molar-refractivity contribution in [3.8, 4) is 11.3 Å². The van der Waals surface area contributed by atoms with Crippen LogP contribution in [0.3, 0.4) is 0 Å². The van der Waals surface area contributed by atoms with Crippen molar-refractivity contribution in [1.29, 1.82) is 0 Å². The van der Waals surface area contributed by atoms with Gasteiger partial charge in [-0.1, -0.05) is 36.7 Å². The number of urea groups is 1. The van der Waals surface area contributed by atoms with Crippen LogP contribution in [-0.4, -0.2) is 21.0 Å². The van der Waals surface area contributed by atoms with Crippen molar-refractivity contribution in [2.24, 2.45) is 0 Å². The lowest BCUT2D eigenvalue weighted by Crippen LogP contribution is -2.30. The van der Waals surface area contributed by atoms with Crippen molar-refractivity contribution in [3.63, 3.8) is 0 Å². The minimum Gasteiger partial charge on any atom is -0.364 e. The van der Waals surface area contributed by atoms with Crippen molar-refractivity contribution in [1.82, 2.24) is 9.38 Å². The molecule has 170 valence electrons. The van der Waals surface area contributed by atoms with E-state index in [0.717, 1.165) is 34.7 Å². The molecule has 0 bridgehead atoms. The predicted octanol–water partition coefficient (Wildman–Crippen LogP) is 7.21. The first-order valence-corrected chi connectivity index (χ1v) is 11.3. The third-order valence-electron chi connectivity index (χ3n) is 5.63. The molecule has 0 saturated carbocycles. The number of carbonyl (C=O) groups is 1. The third-order valence-corrected chi connectivity index (χ3v) is 5.88. The van der Waals surface area contributed by atoms with Crippen LogP contribution in [-0.2, 0) is 0 Å². The number of carbonyl (C=O) groups excluding carboxylic acids is 1. The Labute approximate surface area is 199 Å². The van der Waals surface area contributed by atoms with Gasteiger partial charge in [0.1, 0.15) is 17.2 Å². The van der Waals surface area contributed by atoms with Gasteiger partial charge in [-0.2, -0.15) is 0 Å². The van der Waals surface area contributed by atoms with Crippen molar-refractivity contribution in [2.75, 3.05) is 16.0 Å². The molecule has 0 aliphatic carbocycles. The number of rotatable bonds is 6. The number of fused-ring (bicyclic) bond motifs is 1. The largest absolute Gasteiger partial charge is 0.364 e. The molecule has 0 radical (unpaired) electrons. The fourth-order valence-electron chi connectivity index (χ4n) is 3.42. The van der Waals surface area contributed by atoms with Gasteiger partial charge in [-0.05, 0) is 75.2 Å². The van der Waals surface area contributed by atoms with Crippen LogP contribution < -0.4 is 16.0 Å². The zero-order valence-corrected chi connectivity index (χ0v) is 20.0. The number of aromatic nitrogens is 2. The van der Waals surface area contributed by atoms with Gasteiger partial charge in [0.25, 0.3) is 0 Å². The summed E-state index contributed by atoms with van der Waals surface area (Å²) in [6.45, 7) is 8.59. The number of nitrogens with zero attached hydrogens (tertiary/aromatic N) is 2. The first-order chi connectivity index (χ1) is 15.7. The molecule has 0 spiro atoms. The van der Waals surface area contributed by atoms with Crippen molar-refractivity contribution < 1.29 is 4.79 Å². The van der Waals surface area contributed by atoms with Crippen LogP contribution in [0, 0.1) is 6.92 Å². The number of anilines is 3. The summed E-state index contributed by atoms with van der Waals surface area (Å²) >= 11 is 5.89. The highest BCUT2D eigenvalue weighted by Gasteiger charge is 2.21. The number of benzene rings is 2. The minimum atomic E-state index is -0.319. The molecule has 2 amide bonds. The van der Waals surface area contributed by atoms with Crippen LogP contribution in [0.25, 0.3) is 16.9 Å². The zero-order valence-electron chi connectivity index (χ0n) is 19.2. The molecule has 0 fully saturated rings. The van der Waals surface area contributed by atoms with Crippen LogP contribution in [0.15, 0.2) is 66.9 Å². The summed E-state index contributed by atoms with van der Waals surface area (Å²) in [5.74, 6) is 0.960. The molecule has 2 heterocycles. The zero-order chi connectivity index (χ0) is 23.6. The smallest absolute Gasteiger partial charge is 0.323 e. The summed E-state index contributed by atoms with van der Waals surface area (Å²) < 4.78 is 2.10. The summed E-state index contributed by atoms with van der Waals surface area (Å²) in [4.78, 5) is 17.2. The Morgan fingerprint density at radius 3 is 2.18 bits per heavy atom. The van der Waals surface area contributed by atoms with Crippen LogP contribution in [0.5, 0.6) is 0 Å². The Hall–Kier alpha value is -3.51. The lowest BCUT2D eigenvalue weighted by molar-refractivity contribution is 0.262. The second kappa shape index (κ2) is 9.16. The maximum atomic E-state index is 12.3. The van der Waals surface area contributed by atoms with Gasteiger partial charge in [-0.25, -0.2) is 9.78 Å². The molecular weight excluding hydrogens is 434 g/mol. The first-order valence-electron chi connectivity index (χ1n) is 10.9. The van der Waals surface area contributed by atoms with E-state index >= 15 is 0 Å². The average molecular weight is 462 g/mol. The SMILES string of the molecule is CCC(C)(C)Nc1c(-c2ccc(NC(=O)Nc3ccc(Cl)cc3)cc2)nc2ccc(C)cn12. The van der Waals surface area contributed by atoms with Crippen molar-refractivity contribution in [3.05, 3.63) is 77.4 Å². The molecule has 4 aromatic rings. The maximum Gasteiger partial charge on any atom is 0.323 e. The highest BCUT2D eigenvalue weighted by molar-refractivity contribution is 6.30. The van der Waals surface area contributed by atoms with E-state index < -0.39 is 0 Å². The number of aryl methyl sites for hydroxylation is 1. The van der Waals surface area contributed by atoms with E-state index in [1.54, 1.807) is 24.3 Å². The Balaban J connectivity index is 1.58. The fourth-order valence-corrected chi connectivity index (χ4v) is 3.54. The first kappa shape index (κ1) is 22.7. The second-order valence-corrected chi connectivity index (χ2v) is 9.21. The molecule has 33 heavy (non-hydrogen) atoms. The Bertz CT molecular complexity index is 1280. The Kier molecular flexibility index (Phi) is 6.29. The summed E-state index contributed by atoms with van der Waals surface area (Å²) in [6.07, 6.45) is 3.06. The molecule has 0 aliphatic heterocycles. The van der Waals surface area contributed by atoms with Crippen LogP contribution >= 0.6 is 11.6 Å². The number of hydrogen-bond acceptors (Lipinski definition) is 3. The standard InChI is InChI=1S/C26H28ClN5O/c1-5-26(3,4)31-24-23(30-22-15-6-17(2)16-32(22)24)18-7-11-20(12-8-18)28-25(33)29-21-13-9-19(27)10-14-21/h6-16,31H,5H2,1-4H3,(H2,28,29,33). The molecule has 6 nitrogen and oxygen atoms in total. The molecule has 2 aromatic carbocycles. The van der Waals surface area contributed by atoms with E-state index in [0.29, 0.717) is 16.4 Å². The molecule has 7 heteroatoms. The van der Waals surface area contributed by atoms with E-state index in [4.69, 9.17) is 16.6 Å². The van der Waals surface area contributed by atoms with Gasteiger partial charge in [0.2, 0.25) is 0 Å². The summed E-state index contributed by atoms with van der Waals surface area (Å²) in [6, 6.07) is 18.4. The number of nitrogens with one attached hydrogen (secondary N) is 3. The lowest BCUT2D eigenvalue weighted by atomic mass is 10.0. The van der Waals surface area contributed by atoms with Crippen LogP contribution in [0.2, 0.25) is 5.02 Å². The average Bonchev–Trinajstić information content (AvgIpc) is 3.13. The van der Waals surface area contributed by atoms with Crippen molar-refractivity contribution in [2.45, 2.75) is 39.7 Å². The molecular formula is C26H28ClN5O. The van der Waals surface area contributed by atoms with Gasteiger partial charge < -0.3 is 16.0 Å². The lowest BCUT2D eigenvalue weighted by Gasteiger charge is -2.26. The molecule has 0 unspecified atom stereocenters. The van der Waals surface area contributed by atoms with E-state index in [1.807, 2.05) is 30.3 Å². The fraction of sp³-hybridized carbons (Fsp3) is 0.231. The number of pyridine rings is 1. The maximum absolute atomic E-state index is 12.3. The predicted molar refractivity (Wildman–Crippen MR) is 137 cm³/mol. The molecule has 3 N–H and O–H groups in total. The van der Waals surface area contributed by atoms with Gasteiger partial charge in [-0.15, -0.1) is 0 Å². The van der Waals surface area contributed by atoms with Gasteiger partial charge in [0.15, 0.2) is 0 Å². The highest BCUT2D eigenvalue weighted by atomic mass is 35.5. The monoisotopic (exact) mass is 461 g/mol. The topological polar surface area (TPSA) is 70.5 Å². The Morgan fingerprint density at radius 1 is 0.970 bits per heavy atom. The van der Waals surface area contributed by atoms with Gasteiger partial charge in [0, 0.05) is 33.7 Å². The molecule has 0 aliphatic rings. The van der Waals surface area contributed by atoms with Crippen LogP contribution in [0.4, 0.5) is 22.0 Å². The quantitative estimate of drug-likeness (QED) is 0.284. The Morgan fingerprint density at radius 2 is 1.58 bits per heavy atom. The normalized spacial score (nSPS) is 11.4. The summed E-state index contributed by atoms with van der Waals surface area (Å²) in [7, 11) is 0. The van der Waals surface area contributed by atoms with Gasteiger partial charge in [0.05, 0.1) is 0 Å². The van der Waals surface area contributed by atoms with E-state index in [-0.39, 0.29) is 11.6 Å². The van der Waals surface area contributed by atoms with Crippen molar-refractivity contribution >= 4 is 40.5 Å². The number of hydrogen-bond donors (Lipinski definition) is 3. The molecule has 2 aromatic heterocycles. The van der Waals surface area contributed by atoms with Crippen LogP contribution in [0.1, 0.15) is 32.8 Å². The summed E-state index contributed by atoms with van der Waals surface area (Å²) in [5.41, 5.74) is 5.16. The third kappa shape index (κ3) is 5.29. The van der Waals surface area contributed by atoms with E-state index in [9.17, 15) is 4.79 Å². The second-order valence-electron chi connectivity index (χ2n) is 8.77. The number of imidazole rings is 1. The minimum absolute atomic E-state index is 0.0876. The molecule has 4 rings (SSSR count). The summed E-state index contributed by atoms with van der Waals surface area (Å²) in [5, 5.41) is 9.94.